The number of aliphatic hydroxyl groups excluding tert-OH is 1. The van der Waals surface area contributed by atoms with Crippen LogP contribution in [-0.2, 0) is 0 Å². The van der Waals surface area contributed by atoms with Gasteiger partial charge in [-0.1, -0.05) is 13.8 Å². The van der Waals surface area contributed by atoms with Crippen molar-refractivity contribution in [2.75, 3.05) is 0 Å². The fraction of sp³-hybridized carbons (Fsp3) is 1.00. The molecule has 56 valence electrons. The Bertz CT molecular complexity index is 73.3. The summed E-state index contributed by atoms with van der Waals surface area (Å²) in [6.07, 6.45) is 0.659. The van der Waals surface area contributed by atoms with Crippen LogP contribution in [0.25, 0.3) is 0 Å². The molecule has 0 aromatic rings. The second-order valence-electron chi connectivity index (χ2n) is 2.67. The van der Waals surface area contributed by atoms with E-state index in [9.17, 15) is 0 Å². The molecule has 0 saturated heterocycles. The Hall–Kier alpha value is -0.0800. The summed E-state index contributed by atoms with van der Waals surface area (Å²) in [6.45, 7) is 5.78. The van der Waals surface area contributed by atoms with Gasteiger partial charge in [0.05, 0.1) is 6.10 Å². The fourth-order valence-electron chi connectivity index (χ4n) is 0.730. The van der Waals surface area contributed by atoms with Crippen LogP contribution in [0.2, 0.25) is 0 Å². The topological polar surface area (TPSA) is 46.2 Å². The molecule has 0 saturated carbocycles. The highest BCUT2D eigenvalue weighted by molar-refractivity contribution is 4.70. The third-order valence-corrected chi connectivity index (χ3v) is 1.91. The summed E-state index contributed by atoms with van der Waals surface area (Å²) in [4.78, 5) is 0. The van der Waals surface area contributed by atoms with E-state index in [0.717, 1.165) is 6.42 Å². The highest BCUT2D eigenvalue weighted by Gasteiger charge is 2.14. The largest absolute Gasteiger partial charge is 0.393 e. The first-order valence-electron chi connectivity index (χ1n) is 3.53. The lowest BCUT2D eigenvalue weighted by Crippen LogP contribution is -2.33. The van der Waals surface area contributed by atoms with Crippen LogP contribution in [0.5, 0.6) is 0 Å². The van der Waals surface area contributed by atoms with Crippen LogP contribution >= 0.6 is 0 Å². The number of hydrogen-bond donors (Lipinski definition) is 2. The normalized spacial score (nSPS) is 21.0. The van der Waals surface area contributed by atoms with Crippen molar-refractivity contribution >= 4 is 0 Å². The number of nitrogens with two attached hydrogens (primary N) is 1. The molecule has 0 spiro atoms. The molecule has 0 aliphatic carbocycles. The molecule has 3 unspecified atom stereocenters. The fourth-order valence-corrected chi connectivity index (χ4v) is 0.730. The summed E-state index contributed by atoms with van der Waals surface area (Å²) in [5, 5.41) is 9.04. The number of rotatable bonds is 3. The highest BCUT2D eigenvalue weighted by Crippen LogP contribution is 2.08. The molecule has 0 bridgehead atoms. The standard InChI is InChI=1S/C7H17NO/c1-4-7(8)5(2)6(3)9/h5-7,9H,4,8H2,1-3H3. The maximum absolute atomic E-state index is 9.04. The SMILES string of the molecule is CCC(N)C(C)C(C)O. The van der Waals surface area contributed by atoms with E-state index in [4.69, 9.17) is 10.8 Å². The van der Waals surface area contributed by atoms with Crippen LogP contribution in [0.1, 0.15) is 27.2 Å². The summed E-state index contributed by atoms with van der Waals surface area (Å²) in [5.74, 6) is 0.218. The molecule has 0 aliphatic rings. The van der Waals surface area contributed by atoms with Gasteiger partial charge in [0.25, 0.3) is 0 Å². The van der Waals surface area contributed by atoms with E-state index in [-0.39, 0.29) is 18.1 Å². The lowest BCUT2D eigenvalue weighted by Gasteiger charge is -2.20. The zero-order chi connectivity index (χ0) is 7.44. The van der Waals surface area contributed by atoms with Crippen molar-refractivity contribution in [2.45, 2.75) is 39.3 Å². The molecule has 3 atom stereocenters. The highest BCUT2D eigenvalue weighted by atomic mass is 16.3. The van der Waals surface area contributed by atoms with E-state index in [2.05, 4.69) is 0 Å². The second-order valence-corrected chi connectivity index (χ2v) is 2.67. The van der Waals surface area contributed by atoms with Gasteiger partial charge in [0, 0.05) is 6.04 Å². The van der Waals surface area contributed by atoms with Crippen LogP contribution in [0, 0.1) is 5.92 Å². The van der Waals surface area contributed by atoms with Gasteiger partial charge in [-0.2, -0.15) is 0 Å². The minimum Gasteiger partial charge on any atom is -0.393 e. The molecule has 0 rings (SSSR count). The molecular weight excluding hydrogens is 114 g/mol. The molecule has 3 N–H and O–H groups in total. The Morgan fingerprint density at radius 3 is 2.00 bits per heavy atom. The van der Waals surface area contributed by atoms with Gasteiger partial charge in [-0.25, -0.2) is 0 Å². The molecule has 9 heavy (non-hydrogen) atoms. The molecule has 2 heteroatoms. The zero-order valence-electron chi connectivity index (χ0n) is 6.46. The predicted molar refractivity (Wildman–Crippen MR) is 39.1 cm³/mol. The summed E-state index contributed by atoms with van der Waals surface area (Å²) in [5.41, 5.74) is 5.66. The third kappa shape index (κ3) is 2.82. The van der Waals surface area contributed by atoms with Gasteiger partial charge in [0.2, 0.25) is 0 Å². The van der Waals surface area contributed by atoms with Crippen molar-refractivity contribution < 1.29 is 5.11 Å². The molecular formula is C7H17NO. The van der Waals surface area contributed by atoms with Gasteiger partial charge in [-0.3, -0.25) is 0 Å². The molecule has 0 amide bonds. The predicted octanol–water partition coefficient (Wildman–Crippen LogP) is 0.741. The van der Waals surface area contributed by atoms with Gasteiger partial charge in [-0.15, -0.1) is 0 Å². The van der Waals surface area contributed by atoms with E-state index in [0.29, 0.717) is 0 Å². The van der Waals surface area contributed by atoms with E-state index < -0.39 is 0 Å². The Kier molecular flexibility index (Phi) is 3.82. The van der Waals surface area contributed by atoms with E-state index in [1.54, 1.807) is 6.92 Å². The van der Waals surface area contributed by atoms with Crippen LogP contribution in [0.15, 0.2) is 0 Å². The molecule has 0 aromatic heterocycles. The van der Waals surface area contributed by atoms with Crippen LogP contribution in [-0.4, -0.2) is 17.3 Å². The van der Waals surface area contributed by atoms with Gasteiger partial charge >= 0.3 is 0 Å². The van der Waals surface area contributed by atoms with E-state index >= 15 is 0 Å². The van der Waals surface area contributed by atoms with Gasteiger partial charge in [-0.05, 0) is 19.3 Å². The molecule has 2 nitrogen and oxygen atoms in total. The van der Waals surface area contributed by atoms with Gasteiger partial charge < -0.3 is 10.8 Å². The van der Waals surface area contributed by atoms with Crippen molar-refractivity contribution in [3.63, 3.8) is 0 Å². The van der Waals surface area contributed by atoms with Crippen LogP contribution in [0.4, 0.5) is 0 Å². The molecule has 0 radical (unpaired) electrons. The second kappa shape index (κ2) is 3.85. The van der Waals surface area contributed by atoms with Crippen LogP contribution in [0.3, 0.4) is 0 Å². The monoisotopic (exact) mass is 131 g/mol. The molecule has 0 aliphatic heterocycles. The number of hydrogen-bond acceptors (Lipinski definition) is 2. The van der Waals surface area contributed by atoms with E-state index in [1.807, 2.05) is 13.8 Å². The van der Waals surface area contributed by atoms with Gasteiger partial charge in [0.1, 0.15) is 0 Å². The lowest BCUT2D eigenvalue weighted by atomic mass is 9.96. The minimum absolute atomic E-state index is 0.144. The summed E-state index contributed by atoms with van der Waals surface area (Å²) in [6, 6.07) is 0.144. The minimum atomic E-state index is -0.278. The molecule has 0 fully saturated rings. The maximum Gasteiger partial charge on any atom is 0.0552 e. The first-order chi connectivity index (χ1) is 4.09. The van der Waals surface area contributed by atoms with Crippen molar-refractivity contribution in [1.29, 1.82) is 0 Å². The van der Waals surface area contributed by atoms with Gasteiger partial charge in [0.15, 0.2) is 0 Å². The Labute approximate surface area is 57.1 Å². The van der Waals surface area contributed by atoms with Crippen molar-refractivity contribution in [1.82, 2.24) is 0 Å². The molecule has 0 heterocycles. The maximum atomic E-state index is 9.04. The smallest absolute Gasteiger partial charge is 0.0552 e. The van der Waals surface area contributed by atoms with E-state index in [1.165, 1.54) is 0 Å². The average molecular weight is 131 g/mol. The summed E-state index contributed by atoms with van der Waals surface area (Å²) < 4.78 is 0. The Balaban J connectivity index is 3.58. The Morgan fingerprint density at radius 2 is 1.89 bits per heavy atom. The molecule has 0 aromatic carbocycles. The summed E-state index contributed by atoms with van der Waals surface area (Å²) >= 11 is 0. The first-order valence-corrected chi connectivity index (χ1v) is 3.53. The lowest BCUT2D eigenvalue weighted by molar-refractivity contribution is 0.119. The average Bonchev–Trinajstić information content (AvgIpc) is 1.84. The third-order valence-electron chi connectivity index (χ3n) is 1.91. The zero-order valence-corrected chi connectivity index (χ0v) is 6.46. The van der Waals surface area contributed by atoms with Crippen molar-refractivity contribution in [3.8, 4) is 0 Å². The summed E-state index contributed by atoms with van der Waals surface area (Å²) in [7, 11) is 0. The quantitative estimate of drug-likeness (QED) is 0.593. The number of aliphatic hydroxyl groups is 1. The van der Waals surface area contributed by atoms with Crippen LogP contribution < -0.4 is 5.73 Å². The van der Waals surface area contributed by atoms with Crippen molar-refractivity contribution in [3.05, 3.63) is 0 Å². The van der Waals surface area contributed by atoms with Crippen molar-refractivity contribution in [2.24, 2.45) is 11.7 Å². The first kappa shape index (κ1) is 8.92. The Morgan fingerprint density at radius 1 is 1.44 bits per heavy atom.